The Kier molecular flexibility index (Phi) is 65.6. The first-order chi connectivity index (χ1) is 45.9. The van der Waals surface area contributed by atoms with Gasteiger partial charge in [0.2, 0.25) is 0 Å². The van der Waals surface area contributed by atoms with Crippen LogP contribution in [0, 0.1) is 11.8 Å². The molecule has 560 valence electrons. The first-order valence-electron chi connectivity index (χ1n) is 38.8. The van der Waals surface area contributed by atoms with Gasteiger partial charge in [0.25, 0.3) is 0 Å². The third-order valence-corrected chi connectivity index (χ3v) is 19.0. The van der Waals surface area contributed by atoms with Crippen LogP contribution >= 0.6 is 15.6 Å². The molecule has 0 heterocycles. The second-order valence-electron chi connectivity index (χ2n) is 27.7. The van der Waals surface area contributed by atoms with Crippen LogP contribution in [0.15, 0.2) is 24.3 Å². The topological polar surface area (TPSA) is 237 Å². The molecule has 0 saturated heterocycles. The highest BCUT2D eigenvalue weighted by molar-refractivity contribution is 7.47. The summed E-state index contributed by atoms with van der Waals surface area (Å²) in [4.78, 5) is 72.8. The van der Waals surface area contributed by atoms with E-state index in [1.54, 1.807) is 0 Å². The van der Waals surface area contributed by atoms with Crippen LogP contribution in [0.5, 0.6) is 0 Å². The fourth-order valence-electron chi connectivity index (χ4n) is 11.1. The van der Waals surface area contributed by atoms with E-state index >= 15 is 0 Å². The lowest BCUT2D eigenvalue weighted by molar-refractivity contribution is -0.161. The molecule has 19 heteroatoms. The van der Waals surface area contributed by atoms with Gasteiger partial charge in [-0.2, -0.15) is 0 Å². The van der Waals surface area contributed by atoms with Gasteiger partial charge in [-0.05, 0) is 63.2 Å². The summed E-state index contributed by atoms with van der Waals surface area (Å²) in [5.41, 5.74) is 0. The van der Waals surface area contributed by atoms with Gasteiger partial charge >= 0.3 is 39.5 Å². The van der Waals surface area contributed by atoms with Crippen LogP contribution < -0.4 is 0 Å². The standard InChI is InChI=1S/C76H144O17P2/c1-7-9-11-13-15-17-19-21-22-24-30-36-43-49-55-61-76(81)92-71(64-86-73(78)58-52-46-40-34-28-26-25-27-32-38-44-50-56-68(3)4)66-90-94(82,83)88-62-70(77)63-89-95(84,85)91-67-72(65-87-74(79)59-53-47-41-37-31-33-39-45-51-57-69(5)6)93-75(80)60-54-48-42-35-29-23-20-18-16-14-12-10-8-2/h17,19,21-22,68-72,77H,7-16,18,20,23-67H2,1-6H3,(H,82,83)(H,84,85)/b19-17-,22-21-/t70-,71-,72-/m1/s1. The van der Waals surface area contributed by atoms with E-state index in [1.165, 1.54) is 173 Å². The summed E-state index contributed by atoms with van der Waals surface area (Å²) >= 11 is 0. The second-order valence-corrected chi connectivity index (χ2v) is 30.6. The highest BCUT2D eigenvalue weighted by Crippen LogP contribution is 2.45. The zero-order valence-electron chi connectivity index (χ0n) is 61.5. The van der Waals surface area contributed by atoms with Gasteiger partial charge in [-0.1, -0.05) is 316 Å². The maximum atomic E-state index is 13.1. The number of carbonyl (C=O) groups is 4. The first-order valence-corrected chi connectivity index (χ1v) is 41.8. The average molecular weight is 1390 g/mol. The molecule has 0 aliphatic rings. The molecule has 0 rings (SSSR count). The Hall–Kier alpha value is -2.46. The molecule has 0 aliphatic heterocycles. The summed E-state index contributed by atoms with van der Waals surface area (Å²) in [6, 6.07) is 0. The quantitative estimate of drug-likeness (QED) is 0.0169. The molecule has 17 nitrogen and oxygen atoms in total. The zero-order chi connectivity index (χ0) is 70.0. The number of carbonyl (C=O) groups excluding carboxylic acids is 4. The van der Waals surface area contributed by atoms with Gasteiger partial charge in [-0.3, -0.25) is 37.3 Å². The molecule has 0 fully saturated rings. The number of unbranched alkanes of at least 4 members (excludes halogenated alkanes) is 40. The van der Waals surface area contributed by atoms with E-state index in [1.807, 2.05) is 0 Å². The van der Waals surface area contributed by atoms with Crippen molar-refractivity contribution in [2.24, 2.45) is 11.8 Å². The number of aliphatic hydroxyl groups is 1. The Labute approximate surface area is 580 Å². The minimum Gasteiger partial charge on any atom is -0.462 e. The van der Waals surface area contributed by atoms with Crippen molar-refractivity contribution in [3.05, 3.63) is 24.3 Å². The van der Waals surface area contributed by atoms with Gasteiger partial charge in [0.15, 0.2) is 12.2 Å². The van der Waals surface area contributed by atoms with Gasteiger partial charge in [-0.25, -0.2) is 9.13 Å². The van der Waals surface area contributed by atoms with E-state index in [0.29, 0.717) is 25.7 Å². The van der Waals surface area contributed by atoms with Gasteiger partial charge in [0, 0.05) is 25.7 Å². The van der Waals surface area contributed by atoms with Gasteiger partial charge in [-0.15, -0.1) is 0 Å². The summed E-state index contributed by atoms with van der Waals surface area (Å²) in [6.45, 7) is 9.52. The van der Waals surface area contributed by atoms with Gasteiger partial charge in [0.05, 0.1) is 26.4 Å². The maximum Gasteiger partial charge on any atom is 0.472 e. The van der Waals surface area contributed by atoms with Crippen molar-refractivity contribution >= 4 is 39.5 Å². The summed E-state index contributed by atoms with van der Waals surface area (Å²) in [7, 11) is -9.92. The lowest BCUT2D eigenvalue weighted by Crippen LogP contribution is -2.30. The van der Waals surface area contributed by atoms with E-state index < -0.39 is 97.5 Å². The fraction of sp³-hybridized carbons (Fsp3) is 0.895. The predicted octanol–water partition coefficient (Wildman–Crippen LogP) is 21.9. The minimum absolute atomic E-state index is 0.0851. The lowest BCUT2D eigenvalue weighted by atomic mass is 10.0. The molecule has 5 atom stereocenters. The third-order valence-electron chi connectivity index (χ3n) is 17.1. The molecule has 0 aromatic carbocycles. The molecule has 0 radical (unpaired) electrons. The van der Waals surface area contributed by atoms with Crippen molar-refractivity contribution in [3.63, 3.8) is 0 Å². The van der Waals surface area contributed by atoms with Gasteiger partial charge < -0.3 is 33.8 Å². The molecule has 0 spiro atoms. The second kappa shape index (κ2) is 67.4. The van der Waals surface area contributed by atoms with Crippen LogP contribution in [-0.4, -0.2) is 96.7 Å². The Morgan fingerprint density at radius 1 is 0.326 bits per heavy atom. The number of rotatable bonds is 73. The Balaban J connectivity index is 5.30. The minimum atomic E-state index is -4.97. The zero-order valence-corrected chi connectivity index (χ0v) is 63.2. The number of phosphoric ester groups is 2. The summed E-state index contributed by atoms with van der Waals surface area (Å²) in [5, 5.41) is 10.6. The molecule has 0 amide bonds. The third kappa shape index (κ3) is 69.8. The van der Waals surface area contributed by atoms with Crippen LogP contribution in [-0.2, 0) is 65.4 Å². The van der Waals surface area contributed by atoms with Gasteiger partial charge in [0.1, 0.15) is 19.3 Å². The van der Waals surface area contributed by atoms with Crippen LogP contribution in [0.25, 0.3) is 0 Å². The highest BCUT2D eigenvalue weighted by Gasteiger charge is 2.30. The van der Waals surface area contributed by atoms with E-state index in [2.05, 4.69) is 65.8 Å². The predicted molar refractivity (Wildman–Crippen MR) is 386 cm³/mol. The number of hydrogen-bond donors (Lipinski definition) is 3. The molecule has 0 aliphatic carbocycles. The Morgan fingerprint density at radius 2 is 0.568 bits per heavy atom. The first kappa shape index (κ1) is 92.5. The van der Waals surface area contributed by atoms with Crippen LogP contribution in [0.3, 0.4) is 0 Å². The number of hydrogen-bond acceptors (Lipinski definition) is 15. The van der Waals surface area contributed by atoms with E-state index in [4.69, 9.17) is 37.0 Å². The number of phosphoric acid groups is 2. The van der Waals surface area contributed by atoms with Crippen LogP contribution in [0.1, 0.15) is 369 Å². The summed E-state index contributed by atoms with van der Waals surface area (Å²) in [6.07, 6.45) is 57.5. The van der Waals surface area contributed by atoms with Crippen molar-refractivity contribution in [2.75, 3.05) is 39.6 Å². The average Bonchev–Trinajstić information content (AvgIpc) is 1.66. The lowest BCUT2D eigenvalue weighted by Gasteiger charge is -2.21. The monoisotopic (exact) mass is 1390 g/mol. The van der Waals surface area contributed by atoms with E-state index in [-0.39, 0.29) is 25.7 Å². The molecule has 0 aromatic heterocycles. The largest absolute Gasteiger partial charge is 0.472 e. The fourth-order valence-corrected chi connectivity index (χ4v) is 12.7. The molecule has 0 bridgehead atoms. The molecular formula is C76H144O17P2. The smallest absolute Gasteiger partial charge is 0.462 e. The van der Waals surface area contributed by atoms with Crippen molar-refractivity contribution in [2.45, 2.75) is 387 Å². The highest BCUT2D eigenvalue weighted by atomic mass is 31.2. The van der Waals surface area contributed by atoms with Crippen molar-refractivity contribution in [1.29, 1.82) is 0 Å². The van der Waals surface area contributed by atoms with Crippen molar-refractivity contribution in [3.8, 4) is 0 Å². The number of esters is 4. The van der Waals surface area contributed by atoms with E-state index in [0.717, 1.165) is 115 Å². The number of ether oxygens (including phenoxy) is 4. The summed E-state index contributed by atoms with van der Waals surface area (Å²) in [5.74, 6) is -0.623. The number of allylic oxidation sites excluding steroid dienone is 4. The molecule has 2 unspecified atom stereocenters. The van der Waals surface area contributed by atoms with E-state index in [9.17, 15) is 43.2 Å². The molecule has 0 aromatic rings. The molecule has 3 N–H and O–H groups in total. The maximum absolute atomic E-state index is 13.1. The summed E-state index contributed by atoms with van der Waals surface area (Å²) < 4.78 is 68.5. The Bertz CT molecular complexity index is 1930. The Morgan fingerprint density at radius 3 is 0.863 bits per heavy atom. The normalized spacial score (nSPS) is 14.2. The molecular weight excluding hydrogens is 1250 g/mol. The van der Waals surface area contributed by atoms with Crippen molar-refractivity contribution < 1.29 is 80.2 Å². The molecule has 95 heavy (non-hydrogen) atoms. The SMILES string of the molecule is CCCCCC/C=C\C=C/CCCCCCCC(=O)O[C@H](COC(=O)CCCCCCCCCCCCCCC(C)C)COP(=O)(O)OC[C@@H](O)COP(=O)(O)OC[C@@H](COC(=O)CCCCCCCCCCCC(C)C)OC(=O)CCCCCCCCCCCCCCC. The number of aliphatic hydroxyl groups excluding tert-OH is 1. The van der Waals surface area contributed by atoms with Crippen LogP contribution in [0.2, 0.25) is 0 Å². The van der Waals surface area contributed by atoms with Crippen LogP contribution in [0.4, 0.5) is 0 Å². The molecule has 0 saturated carbocycles. The van der Waals surface area contributed by atoms with Crippen molar-refractivity contribution in [1.82, 2.24) is 0 Å².